The van der Waals surface area contributed by atoms with Crippen LogP contribution in [0.5, 0.6) is 0 Å². The number of nitrogens with one attached hydrogen (secondary N) is 1. The Morgan fingerprint density at radius 3 is 2.42 bits per heavy atom. The minimum atomic E-state index is -0.276. The maximum absolute atomic E-state index is 12.9. The highest BCUT2D eigenvalue weighted by Crippen LogP contribution is 2.18. The van der Waals surface area contributed by atoms with Crippen LogP contribution in [0.4, 0.5) is 4.39 Å². The number of nitrogens with two attached hydrogens (primary N) is 1. The highest BCUT2D eigenvalue weighted by Gasteiger charge is 2.03. The van der Waals surface area contributed by atoms with Gasteiger partial charge < -0.3 is 10.8 Å². The second-order valence-corrected chi connectivity index (χ2v) is 5.63. The van der Waals surface area contributed by atoms with Gasteiger partial charge in [0.25, 0.3) is 0 Å². The summed E-state index contributed by atoms with van der Waals surface area (Å²) in [4.78, 5) is 18.3. The minimum absolute atomic E-state index is 0.149. The number of H-pyrrole nitrogens is 1. The number of benzene rings is 2. The molecule has 3 aromatic rings. The van der Waals surface area contributed by atoms with Crippen LogP contribution in [-0.2, 0) is 6.54 Å². The maximum atomic E-state index is 12.9. The van der Waals surface area contributed by atoms with Gasteiger partial charge in [0.15, 0.2) is 0 Å². The van der Waals surface area contributed by atoms with Gasteiger partial charge in [-0.1, -0.05) is 36.4 Å². The molecule has 0 fully saturated rings. The number of nitrogens with zero attached hydrogens (tertiary/aromatic N) is 2. The normalized spacial score (nSPS) is 11.8. The van der Waals surface area contributed by atoms with Crippen LogP contribution in [0, 0.1) is 5.82 Å². The van der Waals surface area contributed by atoms with E-state index in [4.69, 9.17) is 5.84 Å². The van der Waals surface area contributed by atoms with Gasteiger partial charge in [-0.25, -0.2) is 4.39 Å². The van der Waals surface area contributed by atoms with Crippen molar-refractivity contribution in [3.05, 3.63) is 94.2 Å². The Morgan fingerprint density at radius 2 is 1.77 bits per heavy atom. The van der Waals surface area contributed by atoms with Gasteiger partial charge in [0.2, 0.25) is 5.56 Å². The molecular weight excluding hydrogens is 331 g/mol. The molecule has 0 saturated carbocycles. The lowest BCUT2D eigenvalue weighted by Gasteiger charge is -2.04. The van der Waals surface area contributed by atoms with Crippen molar-refractivity contribution in [2.75, 3.05) is 0 Å². The summed E-state index contributed by atoms with van der Waals surface area (Å²) in [5, 5.41) is 3.77. The zero-order chi connectivity index (χ0) is 18.4. The summed E-state index contributed by atoms with van der Waals surface area (Å²) in [5.74, 6) is 5.20. The van der Waals surface area contributed by atoms with Crippen LogP contribution in [0.3, 0.4) is 0 Å². The van der Waals surface area contributed by atoms with Crippen molar-refractivity contribution in [3.63, 3.8) is 0 Å². The Balaban J connectivity index is 1.73. The molecule has 0 unspecified atom stereocenters. The summed E-state index contributed by atoms with van der Waals surface area (Å²) < 4.78 is 12.9. The number of hydrogen-bond acceptors (Lipinski definition) is 4. The first-order valence-electron chi connectivity index (χ1n) is 7.97. The third-order valence-electron chi connectivity index (χ3n) is 3.83. The second kappa shape index (κ2) is 8.02. The predicted octanol–water partition coefficient (Wildman–Crippen LogP) is 3.11. The molecule has 0 saturated heterocycles. The summed E-state index contributed by atoms with van der Waals surface area (Å²) in [7, 11) is 0. The lowest BCUT2D eigenvalue weighted by molar-refractivity contribution is 0.627. The van der Waals surface area contributed by atoms with Crippen LogP contribution in [0.1, 0.15) is 11.1 Å². The third kappa shape index (κ3) is 4.30. The smallest absolute Gasteiger partial charge is 0.248 e. The van der Waals surface area contributed by atoms with E-state index in [-0.39, 0.29) is 11.4 Å². The van der Waals surface area contributed by atoms with Crippen molar-refractivity contribution < 1.29 is 4.39 Å². The Hall–Kier alpha value is -3.54. The van der Waals surface area contributed by atoms with Crippen LogP contribution in [0.15, 0.2) is 81.7 Å². The van der Waals surface area contributed by atoms with Crippen LogP contribution in [0.2, 0.25) is 0 Å². The van der Waals surface area contributed by atoms with Gasteiger partial charge >= 0.3 is 0 Å². The maximum Gasteiger partial charge on any atom is 0.248 e. The molecule has 2 aromatic carbocycles. The molecular formula is C20H17FN4O. The molecule has 6 heteroatoms. The van der Waals surface area contributed by atoms with Gasteiger partial charge in [0.05, 0.1) is 6.54 Å². The van der Waals surface area contributed by atoms with E-state index < -0.39 is 0 Å². The summed E-state index contributed by atoms with van der Waals surface area (Å²) in [6.07, 6.45) is 3.20. The molecule has 5 nitrogen and oxygen atoms in total. The van der Waals surface area contributed by atoms with Gasteiger partial charge in [0, 0.05) is 24.0 Å². The number of halogens is 1. The number of aromatic nitrogens is 1. The SMILES string of the molecule is N/N=C(\C=NCc1ccc(F)cc1)c1ccc(-c2cc[nH]c(=O)c2)cc1. The topological polar surface area (TPSA) is 83.6 Å². The van der Waals surface area contributed by atoms with Crippen molar-refractivity contribution in [2.24, 2.45) is 15.9 Å². The van der Waals surface area contributed by atoms with E-state index in [2.05, 4.69) is 15.1 Å². The molecule has 0 spiro atoms. The molecule has 3 rings (SSSR count). The van der Waals surface area contributed by atoms with Gasteiger partial charge in [0.1, 0.15) is 11.5 Å². The van der Waals surface area contributed by atoms with E-state index in [1.54, 1.807) is 24.5 Å². The lowest BCUT2D eigenvalue weighted by atomic mass is 10.0. The van der Waals surface area contributed by atoms with E-state index >= 15 is 0 Å². The molecule has 0 bridgehead atoms. The first kappa shape index (κ1) is 17.3. The Bertz CT molecular complexity index is 989. The highest BCUT2D eigenvalue weighted by atomic mass is 19.1. The quantitative estimate of drug-likeness (QED) is 0.422. The average Bonchev–Trinajstić information content (AvgIpc) is 2.67. The zero-order valence-electron chi connectivity index (χ0n) is 13.9. The molecule has 0 aliphatic heterocycles. The van der Waals surface area contributed by atoms with Crippen molar-refractivity contribution in [3.8, 4) is 11.1 Å². The van der Waals surface area contributed by atoms with Crippen LogP contribution >= 0.6 is 0 Å². The monoisotopic (exact) mass is 348 g/mol. The van der Waals surface area contributed by atoms with E-state index in [1.807, 2.05) is 30.3 Å². The van der Waals surface area contributed by atoms with Crippen molar-refractivity contribution >= 4 is 11.9 Å². The first-order valence-corrected chi connectivity index (χ1v) is 7.97. The van der Waals surface area contributed by atoms with Gasteiger partial charge in [-0.2, -0.15) is 5.10 Å². The number of hydrazone groups is 1. The number of hydrogen-bond donors (Lipinski definition) is 2. The third-order valence-corrected chi connectivity index (χ3v) is 3.83. The van der Waals surface area contributed by atoms with Gasteiger partial charge in [-0.05, 0) is 34.9 Å². The number of rotatable bonds is 5. The fourth-order valence-corrected chi connectivity index (χ4v) is 2.47. The summed E-state index contributed by atoms with van der Waals surface area (Å²) in [6.45, 7) is 0.407. The van der Waals surface area contributed by atoms with E-state index in [0.29, 0.717) is 12.3 Å². The Morgan fingerprint density at radius 1 is 1.04 bits per heavy atom. The number of aliphatic imine (C=N–C) groups is 1. The zero-order valence-corrected chi connectivity index (χ0v) is 13.9. The first-order chi connectivity index (χ1) is 12.7. The second-order valence-electron chi connectivity index (χ2n) is 5.63. The van der Waals surface area contributed by atoms with Crippen LogP contribution < -0.4 is 11.4 Å². The Labute approximate surface area is 149 Å². The summed E-state index contributed by atoms with van der Waals surface area (Å²) in [5.41, 5.74) is 3.83. The molecule has 0 radical (unpaired) electrons. The molecule has 0 aliphatic rings. The van der Waals surface area contributed by atoms with Gasteiger partial charge in [-0.15, -0.1) is 0 Å². The molecule has 1 heterocycles. The molecule has 0 amide bonds. The molecule has 0 atom stereocenters. The van der Waals surface area contributed by atoms with Crippen molar-refractivity contribution in [1.29, 1.82) is 0 Å². The molecule has 3 N–H and O–H groups in total. The van der Waals surface area contributed by atoms with Gasteiger partial charge in [-0.3, -0.25) is 9.79 Å². The molecule has 0 aliphatic carbocycles. The standard InChI is InChI=1S/C20H17FN4O/c21-18-7-1-14(2-8-18)12-23-13-19(25-22)16-5-3-15(4-6-16)17-9-10-24-20(26)11-17/h1-11,13H,12,22H2,(H,24,26)/b23-13?,25-19+. The lowest BCUT2D eigenvalue weighted by Crippen LogP contribution is -2.06. The largest absolute Gasteiger partial charge is 0.329 e. The van der Waals surface area contributed by atoms with Crippen molar-refractivity contribution in [1.82, 2.24) is 4.98 Å². The summed E-state index contributed by atoms with van der Waals surface area (Å²) in [6, 6.07) is 17.1. The Kier molecular flexibility index (Phi) is 5.34. The minimum Gasteiger partial charge on any atom is -0.329 e. The van der Waals surface area contributed by atoms with E-state index in [0.717, 1.165) is 22.3 Å². The number of pyridine rings is 1. The summed E-state index contributed by atoms with van der Waals surface area (Å²) >= 11 is 0. The number of aromatic amines is 1. The van der Waals surface area contributed by atoms with E-state index in [9.17, 15) is 9.18 Å². The highest BCUT2D eigenvalue weighted by molar-refractivity contribution is 6.38. The fourth-order valence-electron chi connectivity index (χ4n) is 2.47. The molecule has 26 heavy (non-hydrogen) atoms. The van der Waals surface area contributed by atoms with Crippen LogP contribution in [-0.4, -0.2) is 16.9 Å². The molecule has 1 aromatic heterocycles. The van der Waals surface area contributed by atoms with Crippen molar-refractivity contribution in [2.45, 2.75) is 6.54 Å². The molecule has 130 valence electrons. The fraction of sp³-hybridized carbons (Fsp3) is 0.0500. The predicted molar refractivity (Wildman–Crippen MR) is 102 cm³/mol. The van der Waals surface area contributed by atoms with E-state index in [1.165, 1.54) is 18.2 Å². The average molecular weight is 348 g/mol. The van der Waals surface area contributed by atoms with Crippen LogP contribution in [0.25, 0.3) is 11.1 Å².